The Hall–Kier alpha value is -1.87. The van der Waals surface area contributed by atoms with Crippen molar-refractivity contribution in [3.05, 3.63) is 53.8 Å². The molecule has 2 nitrogen and oxygen atoms in total. The van der Waals surface area contributed by atoms with Gasteiger partial charge in [-0.3, -0.25) is 0 Å². The van der Waals surface area contributed by atoms with E-state index in [1.54, 1.807) is 12.1 Å². The van der Waals surface area contributed by atoms with E-state index in [9.17, 15) is 4.39 Å². The van der Waals surface area contributed by atoms with Crippen LogP contribution in [0.25, 0.3) is 11.1 Å². The molecule has 0 saturated heterocycles. The highest BCUT2D eigenvalue weighted by molar-refractivity contribution is 5.66. The third-order valence-electron chi connectivity index (χ3n) is 3.64. The standard InChI is InChI=1S/C18H22FNO/c1-4-18(20-5-2)14-8-6-7-13(11-14)16-10-9-15(21-3)12-17(16)19/h6-12,18,20H,4-5H2,1-3H3. The van der Waals surface area contributed by atoms with Gasteiger partial charge in [-0.2, -0.15) is 0 Å². The van der Waals surface area contributed by atoms with Crippen LogP contribution in [0.4, 0.5) is 4.39 Å². The molecule has 1 N–H and O–H groups in total. The first-order valence-corrected chi connectivity index (χ1v) is 7.36. The molecule has 2 rings (SSSR count). The topological polar surface area (TPSA) is 21.3 Å². The smallest absolute Gasteiger partial charge is 0.134 e. The van der Waals surface area contributed by atoms with Crippen LogP contribution in [0.15, 0.2) is 42.5 Å². The van der Waals surface area contributed by atoms with Gasteiger partial charge in [-0.25, -0.2) is 4.39 Å². The zero-order valence-corrected chi connectivity index (χ0v) is 12.8. The van der Waals surface area contributed by atoms with Crippen LogP contribution in [0, 0.1) is 5.82 Å². The molecule has 0 radical (unpaired) electrons. The quantitative estimate of drug-likeness (QED) is 0.840. The second-order valence-corrected chi connectivity index (χ2v) is 4.99. The molecule has 0 heterocycles. The maximum absolute atomic E-state index is 14.2. The fourth-order valence-corrected chi connectivity index (χ4v) is 2.52. The van der Waals surface area contributed by atoms with Gasteiger partial charge in [-0.15, -0.1) is 0 Å². The van der Waals surface area contributed by atoms with Crippen molar-refractivity contribution in [2.75, 3.05) is 13.7 Å². The Bertz CT molecular complexity index is 598. The highest BCUT2D eigenvalue weighted by Gasteiger charge is 2.11. The van der Waals surface area contributed by atoms with Crippen LogP contribution >= 0.6 is 0 Å². The van der Waals surface area contributed by atoms with Gasteiger partial charge in [-0.1, -0.05) is 32.0 Å². The van der Waals surface area contributed by atoms with Crippen molar-refractivity contribution in [1.29, 1.82) is 0 Å². The predicted molar refractivity (Wildman–Crippen MR) is 85.1 cm³/mol. The Kier molecular flexibility index (Phi) is 5.34. The van der Waals surface area contributed by atoms with Gasteiger partial charge in [0.25, 0.3) is 0 Å². The number of ether oxygens (including phenoxy) is 1. The monoisotopic (exact) mass is 287 g/mol. The fraction of sp³-hybridized carbons (Fsp3) is 0.333. The van der Waals surface area contributed by atoms with Crippen molar-refractivity contribution in [2.45, 2.75) is 26.3 Å². The molecule has 2 aromatic carbocycles. The largest absolute Gasteiger partial charge is 0.497 e. The minimum absolute atomic E-state index is 0.261. The molecule has 0 amide bonds. The first-order chi connectivity index (χ1) is 10.2. The van der Waals surface area contributed by atoms with Gasteiger partial charge in [0.2, 0.25) is 0 Å². The van der Waals surface area contributed by atoms with Gasteiger partial charge in [0.15, 0.2) is 0 Å². The van der Waals surface area contributed by atoms with Gasteiger partial charge in [0, 0.05) is 17.7 Å². The van der Waals surface area contributed by atoms with Gasteiger partial charge in [0.05, 0.1) is 7.11 Å². The Morgan fingerprint density at radius 2 is 1.95 bits per heavy atom. The first-order valence-electron chi connectivity index (χ1n) is 7.36. The molecule has 2 aromatic rings. The van der Waals surface area contributed by atoms with E-state index in [1.165, 1.54) is 18.7 Å². The highest BCUT2D eigenvalue weighted by atomic mass is 19.1. The number of nitrogens with one attached hydrogen (secondary N) is 1. The number of methoxy groups -OCH3 is 1. The lowest BCUT2D eigenvalue weighted by Crippen LogP contribution is -2.19. The molecule has 0 bridgehead atoms. The predicted octanol–water partition coefficient (Wildman–Crippen LogP) is 4.56. The van der Waals surface area contributed by atoms with Crippen molar-refractivity contribution in [2.24, 2.45) is 0 Å². The molecule has 0 fully saturated rings. The average Bonchev–Trinajstić information content (AvgIpc) is 2.52. The zero-order valence-electron chi connectivity index (χ0n) is 12.8. The molecule has 0 aliphatic rings. The lowest BCUT2D eigenvalue weighted by Gasteiger charge is -2.17. The summed E-state index contributed by atoms with van der Waals surface area (Å²) in [7, 11) is 1.54. The normalized spacial score (nSPS) is 12.2. The fourth-order valence-electron chi connectivity index (χ4n) is 2.52. The van der Waals surface area contributed by atoms with Crippen LogP contribution in [0.5, 0.6) is 5.75 Å². The Labute approximate surface area is 126 Å². The number of benzene rings is 2. The van der Waals surface area contributed by atoms with E-state index < -0.39 is 0 Å². The van der Waals surface area contributed by atoms with E-state index in [0.717, 1.165) is 18.5 Å². The molecule has 1 unspecified atom stereocenters. The summed E-state index contributed by atoms with van der Waals surface area (Å²) in [4.78, 5) is 0. The van der Waals surface area contributed by atoms with E-state index in [0.29, 0.717) is 17.4 Å². The number of rotatable bonds is 6. The molecule has 0 aliphatic carbocycles. The lowest BCUT2D eigenvalue weighted by molar-refractivity contribution is 0.411. The summed E-state index contributed by atoms with van der Waals surface area (Å²) in [6, 6.07) is 13.3. The maximum Gasteiger partial charge on any atom is 0.134 e. The van der Waals surface area contributed by atoms with Crippen molar-refractivity contribution < 1.29 is 9.13 Å². The average molecular weight is 287 g/mol. The summed E-state index contributed by atoms with van der Waals surface area (Å²) in [5.41, 5.74) is 2.68. The summed E-state index contributed by atoms with van der Waals surface area (Å²) in [5, 5.41) is 3.45. The summed E-state index contributed by atoms with van der Waals surface area (Å²) < 4.78 is 19.2. The molecule has 21 heavy (non-hydrogen) atoms. The van der Waals surface area contributed by atoms with Crippen LogP contribution in [-0.4, -0.2) is 13.7 Å². The Morgan fingerprint density at radius 1 is 1.14 bits per heavy atom. The maximum atomic E-state index is 14.2. The molecule has 0 spiro atoms. The minimum Gasteiger partial charge on any atom is -0.497 e. The SMILES string of the molecule is CCNC(CC)c1cccc(-c2ccc(OC)cc2F)c1. The Morgan fingerprint density at radius 3 is 2.57 bits per heavy atom. The lowest BCUT2D eigenvalue weighted by atomic mass is 9.98. The summed E-state index contributed by atoms with van der Waals surface area (Å²) >= 11 is 0. The summed E-state index contributed by atoms with van der Waals surface area (Å²) in [6.45, 7) is 5.16. The number of hydrogen-bond acceptors (Lipinski definition) is 2. The minimum atomic E-state index is -0.261. The van der Waals surface area contributed by atoms with E-state index in [2.05, 4.69) is 31.3 Å². The highest BCUT2D eigenvalue weighted by Crippen LogP contribution is 2.28. The molecule has 112 valence electrons. The van der Waals surface area contributed by atoms with Crippen molar-refractivity contribution in [3.8, 4) is 16.9 Å². The van der Waals surface area contributed by atoms with Crippen LogP contribution in [0.1, 0.15) is 31.9 Å². The molecule has 1 atom stereocenters. The van der Waals surface area contributed by atoms with Crippen LogP contribution in [0.2, 0.25) is 0 Å². The summed E-state index contributed by atoms with van der Waals surface area (Å²) in [5.74, 6) is 0.273. The van der Waals surface area contributed by atoms with Gasteiger partial charge in [-0.05, 0) is 42.3 Å². The second kappa shape index (κ2) is 7.23. The molecular formula is C18H22FNO. The number of halogens is 1. The van der Waals surface area contributed by atoms with Gasteiger partial charge < -0.3 is 10.1 Å². The van der Waals surface area contributed by atoms with E-state index in [4.69, 9.17) is 4.74 Å². The zero-order chi connectivity index (χ0) is 15.2. The summed E-state index contributed by atoms with van der Waals surface area (Å²) in [6.07, 6.45) is 1.00. The van der Waals surface area contributed by atoms with Crippen molar-refractivity contribution >= 4 is 0 Å². The first kappa shape index (κ1) is 15.5. The molecule has 3 heteroatoms. The van der Waals surface area contributed by atoms with Gasteiger partial charge in [0.1, 0.15) is 11.6 Å². The van der Waals surface area contributed by atoms with Crippen LogP contribution in [-0.2, 0) is 0 Å². The molecule has 0 aromatic heterocycles. The second-order valence-electron chi connectivity index (χ2n) is 4.99. The third-order valence-corrected chi connectivity index (χ3v) is 3.64. The van der Waals surface area contributed by atoms with Crippen molar-refractivity contribution in [1.82, 2.24) is 5.32 Å². The van der Waals surface area contributed by atoms with Gasteiger partial charge >= 0.3 is 0 Å². The van der Waals surface area contributed by atoms with E-state index in [-0.39, 0.29) is 5.82 Å². The molecule has 0 saturated carbocycles. The van der Waals surface area contributed by atoms with E-state index in [1.807, 2.05) is 12.1 Å². The van der Waals surface area contributed by atoms with Crippen molar-refractivity contribution in [3.63, 3.8) is 0 Å². The van der Waals surface area contributed by atoms with E-state index >= 15 is 0 Å². The Balaban J connectivity index is 2.36. The number of hydrogen-bond donors (Lipinski definition) is 1. The molecular weight excluding hydrogens is 265 g/mol. The van der Waals surface area contributed by atoms with Crippen LogP contribution < -0.4 is 10.1 Å². The third kappa shape index (κ3) is 3.61. The molecule has 0 aliphatic heterocycles. The van der Waals surface area contributed by atoms with Crippen LogP contribution in [0.3, 0.4) is 0 Å².